The standard InChI is InChI=1S/C14H13Si/c15-9-14-12-7-3-1-5-10(12)11-6-2-4-8-13(11)14/h1-8,14H,9,15H2. The Bertz CT molecular complexity index is 457. The van der Waals surface area contributed by atoms with Crippen molar-refractivity contribution < 1.29 is 0 Å². The van der Waals surface area contributed by atoms with Gasteiger partial charge in [-0.05, 0) is 22.3 Å². The molecule has 0 heterocycles. The number of benzene rings is 2. The van der Waals surface area contributed by atoms with Crippen LogP contribution in [-0.2, 0) is 0 Å². The first kappa shape index (κ1) is 8.92. The molecule has 0 atom stereocenters. The SMILES string of the molecule is [SiH2]CC1c2ccccc2-c2ccccc21. The van der Waals surface area contributed by atoms with Gasteiger partial charge in [-0.15, -0.1) is 0 Å². The molecule has 0 bridgehead atoms. The lowest BCUT2D eigenvalue weighted by atomic mass is 9.99. The Kier molecular flexibility index (Phi) is 1.99. The third-order valence-electron chi connectivity index (χ3n) is 3.25. The molecule has 3 rings (SSSR count). The molecule has 1 aliphatic carbocycles. The maximum atomic E-state index is 2.27. The van der Waals surface area contributed by atoms with Crippen LogP contribution in [0.3, 0.4) is 0 Å². The second-order valence-electron chi connectivity index (χ2n) is 4.02. The lowest BCUT2D eigenvalue weighted by molar-refractivity contribution is 0.953. The van der Waals surface area contributed by atoms with Gasteiger partial charge >= 0.3 is 0 Å². The summed E-state index contributed by atoms with van der Waals surface area (Å²) >= 11 is 0. The number of hydrogen-bond donors (Lipinski definition) is 0. The molecule has 0 aliphatic heterocycles. The van der Waals surface area contributed by atoms with Crippen molar-refractivity contribution in [3.63, 3.8) is 0 Å². The molecule has 0 fully saturated rings. The van der Waals surface area contributed by atoms with Crippen LogP contribution >= 0.6 is 0 Å². The molecule has 0 N–H and O–H groups in total. The van der Waals surface area contributed by atoms with E-state index in [2.05, 4.69) is 58.8 Å². The predicted octanol–water partition coefficient (Wildman–Crippen LogP) is 2.85. The Labute approximate surface area is 93.4 Å². The summed E-state index contributed by atoms with van der Waals surface area (Å²) in [6, 6.07) is 18.8. The van der Waals surface area contributed by atoms with E-state index in [1.54, 1.807) is 0 Å². The van der Waals surface area contributed by atoms with Crippen LogP contribution in [0.25, 0.3) is 11.1 Å². The van der Waals surface area contributed by atoms with Gasteiger partial charge in [0.2, 0.25) is 0 Å². The van der Waals surface area contributed by atoms with E-state index in [1.807, 2.05) is 0 Å². The van der Waals surface area contributed by atoms with Gasteiger partial charge in [-0.2, -0.15) is 0 Å². The quantitative estimate of drug-likeness (QED) is 0.634. The third-order valence-corrected chi connectivity index (χ3v) is 3.83. The zero-order valence-corrected chi connectivity index (χ0v) is 10.0. The lowest BCUT2D eigenvalue weighted by Gasteiger charge is -2.09. The molecule has 0 saturated heterocycles. The van der Waals surface area contributed by atoms with Crippen molar-refractivity contribution in [1.29, 1.82) is 0 Å². The summed E-state index contributed by atoms with van der Waals surface area (Å²) in [6.45, 7) is 0. The fraction of sp³-hybridized carbons (Fsp3) is 0.143. The highest BCUT2D eigenvalue weighted by Gasteiger charge is 2.25. The normalized spacial score (nSPS) is 13.7. The van der Waals surface area contributed by atoms with Crippen LogP contribution in [0.1, 0.15) is 17.0 Å². The number of rotatable bonds is 1. The second kappa shape index (κ2) is 3.35. The van der Waals surface area contributed by atoms with Crippen LogP contribution in [0.5, 0.6) is 0 Å². The van der Waals surface area contributed by atoms with Crippen molar-refractivity contribution in [2.75, 3.05) is 0 Å². The zero-order valence-electron chi connectivity index (χ0n) is 8.61. The molecule has 2 aromatic carbocycles. The van der Waals surface area contributed by atoms with E-state index >= 15 is 0 Å². The average molecular weight is 209 g/mol. The fourth-order valence-corrected chi connectivity index (χ4v) is 3.19. The molecule has 0 spiro atoms. The minimum atomic E-state index is 0.621. The summed E-state index contributed by atoms with van der Waals surface area (Å²) < 4.78 is 0. The molecule has 1 radical (unpaired) electrons. The van der Waals surface area contributed by atoms with Gasteiger partial charge in [0.05, 0.1) is 0 Å². The molecule has 0 amide bonds. The van der Waals surface area contributed by atoms with E-state index in [0.717, 1.165) is 0 Å². The van der Waals surface area contributed by atoms with E-state index in [1.165, 1.54) is 28.3 Å². The molecule has 1 aliphatic rings. The van der Waals surface area contributed by atoms with Crippen molar-refractivity contribution in [3.05, 3.63) is 59.7 Å². The van der Waals surface area contributed by atoms with Crippen LogP contribution in [0.4, 0.5) is 0 Å². The Balaban J connectivity index is 2.31. The topological polar surface area (TPSA) is 0 Å². The van der Waals surface area contributed by atoms with E-state index in [0.29, 0.717) is 5.92 Å². The van der Waals surface area contributed by atoms with Gasteiger partial charge in [0.25, 0.3) is 0 Å². The smallest absolute Gasteiger partial charge is 0.00920 e. The van der Waals surface area contributed by atoms with Crippen molar-refractivity contribution in [3.8, 4) is 11.1 Å². The maximum Gasteiger partial charge on any atom is 0.00920 e. The Morgan fingerprint density at radius 3 is 1.73 bits per heavy atom. The van der Waals surface area contributed by atoms with Gasteiger partial charge < -0.3 is 0 Å². The molecular weight excluding hydrogens is 196 g/mol. The van der Waals surface area contributed by atoms with Gasteiger partial charge in [0.15, 0.2) is 0 Å². The molecule has 15 heavy (non-hydrogen) atoms. The number of fused-ring (bicyclic) bond motifs is 3. The summed E-state index contributed by atoms with van der Waals surface area (Å²) in [5, 5.41) is 0. The van der Waals surface area contributed by atoms with Crippen LogP contribution in [0.2, 0.25) is 6.04 Å². The summed E-state index contributed by atoms with van der Waals surface area (Å²) in [6.07, 6.45) is 0. The number of hydrogen-bond acceptors (Lipinski definition) is 0. The maximum absolute atomic E-state index is 2.27. The summed E-state index contributed by atoms with van der Waals surface area (Å²) in [5.41, 5.74) is 5.89. The summed E-state index contributed by atoms with van der Waals surface area (Å²) in [7, 11) is 2.07. The van der Waals surface area contributed by atoms with Crippen LogP contribution in [0.15, 0.2) is 48.5 Å². The molecular formula is C14H13Si. The first-order valence-corrected chi connectivity index (χ1v) is 6.39. The van der Waals surface area contributed by atoms with E-state index in [-0.39, 0.29) is 0 Å². The Morgan fingerprint density at radius 2 is 1.27 bits per heavy atom. The van der Waals surface area contributed by atoms with Gasteiger partial charge in [-0.1, -0.05) is 54.6 Å². The molecule has 0 aromatic heterocycles. The van der Waals surface area contributed by atoms with Crippen molar-refractivity contribution in [2.45, 2.75) is 12.0 Å². The fourth-order valence-electron chi connectivity index (χ4n) is 2.57. The Hall–Kier alpha value is -1.34. The largest absolute Gasteiger partial charge is 0.0619 e. The van der Waals surface area contributed by atoms with Crippen molar-refractivity contribution >= 4 is 10.2 Å². The van der Waals surface area contributed by atoms with Crippen molar-refractivity contribution in [1.82, 2.24) is 0 Å². The molecule has 0 saturated carbocycles. The predicted molar refractivity (Wildman–Crippen MR) is 67.1 cm³/mol. The van der Waals surface area contributed by atoms with E-state index in [9.17, 15) is 0 Å². The summed E-state index contributed by atoms with van der Waals surface area (Å²) in [5.74, 6) is 0.621. The van der Waals surface area contributed by atoms with Crippen LogP contribution < -0.4 is 0 Å². The molecule has 0 nitrogen and oxygen atoms in total. The van der Waals surface area contributed by atoms with E-state index in [4.69, 9.17) is 0 Å². The van der Waals surface area contributed by atoms with E-state index < -0.39 is 0 Å². The zero-order chi connectivity index (χ0) is 10.3. The highest BCUT2D eigenvalue weighted by Crippen LogP contribution is 2.45. The van der Waals surface area contributed by atoms with Crippen LogP contribution in [-0.4, -0.2) is 10.2 Å². The minimum Gasteiger partial charge on any atom is -0.0619 e. The third kappa shape index (κ3) is 1.20. The molecule has 73 valence electrons. The highest BCUT2D eigenvalue weighted by molar-refractivity contribution is 6.09. The minimum absolute atomic E-state index is 0.621. The first-order chi connectivity index (χ1) is 7.42. The van der Waals surface area contributed by atoms with Crippen molar-refractivity contribution in [2.24, 2.45) is 0 Å². The van der Waals surface area contributed by atoms with Gasteiger partial charge in [0, 0.05) is 16.2 Å². The molecule has 0 unspecified atom stereocenters. The Morgan fingerprint density at radius 1 is 0.800 bits per heavy atom. The summed E-state index contributed by atoms with van der Waals surface area (Å²) in [4.78, 5) is 0. The van der Waals surface area contributed by atoms with Gasteiger partial charge in [0.1, 0.15) is 0 Å². The first-order valence-electron chi connectivity index (χ1n) is 5.39. The average Bonchev–Trinajstić information content (AvgIpc) is 2.63. The lowest BCUT2D eigenvalue weighted by Crippen LogP contribution is -1.94. The molecule has 1 heteroatoms. The van der Waals surface area contributed by atoms with Gasteiger partial charge in [-0.25, -0.2) is 0 Å². The highest BCUT2D eigenvalue weighted by atomic mass is 28.1. The molecule has 2 aromatic rings. The van der Waals surface area contributed by atoms with Gasteiger partial charge in [-0.3, -0.25) is 0 Å². The van der Waals surface area contributed by atoms with Crippen LogP contribution in [0, 0.1) is 0 Å². The second-order valence-corrected chi connectivity index (χ2v) is 4.59. The monoisotopic (exact) mass is 209 g/mol.